The highest BCUT2D eigenvalue weighted by Crippen LogP contribution is 2.39. The Morgan fingerprint density at radius 3 is 2.43 bits per heavy atom. The fourth-order valence-corrected chi connectivity index (χ4v) is 4.33. The van der Waals surface area contributed by atoms with Gasteiger partial charge in [-0.3, -0.25) is 4.90 Å². The maximum Gasteiger partial charge on any atom is 0.416 e. The Morgan fingerprint density at radius 2 is 1.77 bits per heavy atom. The third-order valence-electron chi connectivity index (χ3n) is 5.96. The van der Waals surface area contributed by atoms with Gasteiger partial charge in [-0.05, 0) is 61.7 Å². The summed E-state index contributed by atoms with van der Waals surface area (Å²) >= 11 is 0. The summed E-state index contributed by atoms with van der Waals surface area (Å²) in [6.07, 6.45) is -2.45. The zero-order valence-electron chi connectivity index (χ0n) is 16.8. The molecule has 2 aromatic rings. The van der Waals surface area contributed by atoms with Gasteiger partial charge in [0.2, 0.25) is 0 Å². The number of fused-ring (bicyclic) bond motifs is 1. The predicted octanol–water partition coefficient (Wildman–Crippen LogP) is 4.88. The van der Waals surface area contributed by atoms with Crippen LogP contribution < -0.4 is 15.4 Å². The van der Waals surface area contributed by atoms with Crippen LogP contribution in [0.25, 0.3) is 0 Å². The van der Waals surface area contributed by atoms with Gasteiger partial charge in [0.1, 0.15) is 18.0 Å². The van der Waals surface area contributed by atoms with Gasteiger partial charge in [-0.25, -0.2) is 0 Å². The third-order valence-corrected chi connectivity index (χ3v) is 5.96. The van der Waals surface area contributed by atoms with E-state index < -0.39 is 11.7 Å². The minimum atomic E-state index is -4.29. The largest absolute Gasteiger partial charge is 0.489 e. The first-order chi connectivity index (χ1) is 14.3. The van der Waals surface area contributed by atoms with Gasteiger partial charge in [0.25, 0.3) is 0 Å². The molecule has 0 bridgehead atoms. The van der Waals surface area contributed by atoms with Crippen LogP contribution >= 0.6 is 0 Å². The zero-order valence-corrected chi connectivity index (χ0v) is 16.8. The van der Waals surface area contributed by atoms with Gasteiger partial charge >= 0.3 is 6.18 Å². The van der Waals surface area contributed by atoms with E-state index in [4.69, 9.17) is 10.5 Å². The Bertz CT molecular complexity index is 903. The average Bonchev–Trinajstić information content (AvgIpc) is 2.73. The van der Waals surface area contributed by atoms with E-state index in [1.165, 1.54) is 12.1 Å². The Labute approximate surface area is 174 Å². The second-order valence-corrected chi connectivity index (χ2v) is 7.93. The van der Waals surface area contributed by atoms with Crippen LogP contribution in [-0.2, 0) is 6.18 Å². The highest BCUT2D eigenvalue weighted by Gasteiger charge is 2.31. The monoisotopic (exact) mass is 417 g/mol. The molecular formula is C23H26F3N3O. The molecule has 0 aliphatic carbocycles. The number of hydrogen-bond acceptors (Lipinski definition) is 4. The van der Waals surface area contributed by atoms with Crippen molar-refractivity contribution in [1.29, 1.82) is 0 Å². The van der Waals surface area contributed by atoms with Crippen LogP contribution in [0.5, 0.6) is 5.75 Å². The van der Waals surface area contributed by atoms with Crippen LogP contribution in [0.4, 0.5) is 24.5 Å². The second-order valence-electron chi connectivity index (χ2n) is 7.93. The number of halogens is 3. The Hall–Kier alpha value is -2.67. The first-order valence-corrected chi connectivity index (χ1v) is 10.2. The third kappa shape index (κ3) is 4.26. The number of benzene rings is 2. The van der Waals surface area contributed by atoms with Gasteiger partial charge in [-0.2, -0.15) is 13.2 Å². The molecule has 30 heavy (non-hydrogen) atoms. The van der Waals surface area contributed by atoms with Crippen LogP contribution in [0.2, 0.25) is 0 Å². The SMILES string of the molecule is C=C(CN1CCC(c2ccc(C(F)(F)F)cc2)CC1)N1CCOc2cccc(N)c21. The molecule has 4 rings (SSSR count). The number of nitrogens with two attached hydrogens (primary N) is 1. The van der Waals surface area contributed by atoms with Crippen LogP contribution in [0.3, 0.4) is 0 Å². The van der Waals surface area contributed by atoms with Crippen LogP contribution in [0, 0.1) is 0 Å². The summed E-state index contributed by atoms with van der Waals surface area (Å²) in [4.78, 5) is 4.48. The molecular weight excluding hydrogens is 391 g/mol. The number of ether oxygens (including phenoxy) is 1. The number of nitrogen functional groups attached to an aromatic ring is 1. The van der Waals surface area contributed by atoms with Crippen molar-refractivity contribution in [2.75, 3.05) is 43.4 Å². The molecule has 1 saturated heterocycles. The van der Waals surface area contributed by atoms with Gasteiger partial charge in [0.15, 0.2) is 0 Å². The fraction of sp³-hybridized carbons (Fsp3) is 0.391. The summed E-state index contributed by atoms with van der Waals surface area (Å²) in [6.45, 7) is 8.08. The summed E-state index contributed by atoms with van der Waals surface area (Å²) in [5.74, 6) is 1.07. The maximum atomic E-state index is 12.8. The van der Waals surface area contributed by atoms with E-state index in [2.05, 4.69) is 16.4 Å². The van der Waals surface area contributed by atoms with Crippen molar-refractivity contribution in [3.63, 3.8) is 0 Å². The summed E-state index contributed by atoms with van der Waals surface area (Å²) in [6, 6.07) is 11.3. The number of nitrogens with zero attached hydrogens (tertiary/aromatic N) is 2. The fourth-order valence-electron chi connectivity index (χ4n) is 4.33. The first kappa shape index (κ1) is 20.6. The number of likely N-dealkylation sites (tertiary alicyclic amines) is 1. The molecule has 2 aromatic carbocycles. The molecule has 0 atom stereocenters. The molecule has 2 aliphatic heterocycles. The summed E-state index contributed by atoms with van der Waals surface area (Å²) in [7, 11) is 0. The van der Waals surface area contributed by atoms with E-state index in [-0.39, 0.29) is 5.92 Å². The minimum absolute atomic E-state index is 0.288. The Kier molecular flexibility index (Phi) is 5.64. The Balaban J connectivity index is 1.35. The van der Waals surface area contributed by atoms with E-state index in [1.807, 2.05) is 18.2 Å². The van der Waals surface area contributed by atoms with E-state index in [9.17, 15) is 13.2 Å². The van der Waals surface area contributed by atoms with Crippen molar-refractivity contribution in [1.82, 2.24) is 4.90 Å². The van der Waals surface area contributed by atoms with Crippen molar-refractivity contribution < 1.29 is 17.9 Å². The molecule has 2 heterocycles. The van der Waals surface area contributed by atoms with E-state index in [0.717, 1.165) is 55.2 Å². The maximum absolute atomic E-state index is 12.8. The molecule has 0 spiro atoms. The lowest BCUT2D eigenvalue weighted by Gasteiger charge is -2.37. The number of rotatable bonds is 4. The topological polar surface area (TPSA) is 41.7 Å². The molecule has 0 unspecified atom stereocenters. The van der Waals surface area contributed by atoms with Crippen molar-refractivity contribution in [2.45, 2.75) is 24.9 Å². The lowest BCUT2D eigenvalue weighted by molar-refractivity contribution is -0.137. The van der Waals surface area contributed by atoms with Gasteiger partial charge in [0.05, 0.1) is 17.8 Å². The lowest BCUT2D eigenvalue weighted by Crippen LogP contribution is -2.40. The number of alkyl halides is 3. The van der Waals surface area contributed by atoms with Crippen LogP contribution in [0.15, 0.2) is 54.7 Å². The Morgan fingerprint density at radius 1 is 1.07 bits per heavy atom. The molecule has 2 N–H and O–H groups in total. The summed E-state index contributed by atoms with van der Waals surface area (Å²) in [5, 5.41) is 0. The number of anilines is 2. The van der Waals surface area contributed by atoms with Crippen molar-refractivity contribution >= 4 is 11.4 Å². The summed E-state index contributed by atoms with van der Waals surface area (Å²) < 4.78 is 44.0. The van der Waals surface area contributed by atoms with E-state index >= 15 is 0 Å². The van der Waals surface area contributed by atoms with Gasteiger partial charge < -0.3 is 15.4 Å². The quantitative estimate of drug-likeness (QED) is 0.720. The van der Waals surface area contributed by atoms with Crippen molar-refractivity contribution in [3.8, 4) is 5.75 Å². The minimum Gasteiger partial charge on any atom is -0.489 e. The highest BCUT2D eigenvalue weighted by atomic mass is 19.4. The van der Waals surface area contributed by atoms with Crippen LogP contribution in [-0.4, -0.2) is 37.7 Å². The van der Waals surface area contributed by atoms with E-state index in [0.29, 0.717) is 18.8 Å². The van der Waals surface area contributed by atoms with Gasteiger partial charge in [-0.15, -0.1) is 0 Å². The number of piperidine rings is 1. The van der Waals surface area contributed by atoms with Crippen molar-refractivity contribution in [2.24, 2.45) is 0 Å². The average molecular weight is 417 g/mol. The zero-order chi connectivity index (χ0) is 21.3. The molecule has 2 aliphatic rings. The smallest absolute Gasteiger partial charge is 0.416 e. The molecule has 0 amide bonds. The number of para-hydroxylation sites is 1. The summed E-state index contributed by atoms with van der Waals surface area (Å²) in [5.41, 5.74) is 9.10. The predicted molar refractivity (Wildman–Crippen MR) is 113 cm³/mol. The molecule has 0 radical (unpaired) electrons. The molecule has 160 valence electrons. The van der Waals surface area contributed by atoms with Gasteiger partial charge in [0, 0.05) is 12.2 Å². The standard InChI is InChI=1S/C23H26F3N3O/c1-16(29-13-14-30-21-4-2-3-20(27)22(21)29)15-28-11-9-18(10-12-28)17-5-7-19(8-6-17)23(24,25)26/h2-8,18H,1,9-15,27H2. The van der Waals surface area contributed by atoms with Crippen LogP contribution in [0.1, 0.15) is 29.9 Å². The number of hydrogen-bond donors (Lipinski definition) is 1. The van der Waals surface area contributed by atoms with E-state index in [1.54, 1.807) is 12.1 Å². The molecule has 7 heteroatoms. The molecule has 1 fully saturated rings. The second kappa shape index (κ2) is 8.22. The van der Waals surface area contributed by atoms with Crippen molar-refractivity contribution in [3.05, 3.63) is 65.9 Å². The molecule has 0 aromatic heterocycles. The normalized spacial score (nSPS) is 18.0. The van der Waals surface area contributed by atoms with Gasteiger partial charge in [-0.1, -0.05) is 24.8 Å². The highest BCUT2D eigenvalue weighted by molar-refractivity contribution is 5.77. The lowest BCUT2D eigenvalue weighted by atomic mass is 9.89. The first-order valence-electron chi connectivity index (χ1n) is 10.2. The molecule has 0 saturated carbocycles. The molecule has 4 nitrogen and oxygen atoms in total.